The van der Waals surface area contributed by atoms with E-state index >= 15 is 0 Å². The summed E-state index contributed by atoms with van der Waals surface area (Å²) in [6, 6.07) is 6.71. The first-order chi connectivity index (χ1) is 10.3. The van der Waals surface area contributed by atoms with Gasteiger partial charge in [-0.05, 0) is 31.0 Å². The molecule has 1 saturated heterocycles. The number of urea groups is 1. The second kappa shape index (κ2) is 6.87. The highest BCUT2D eigenvalue weighted by molar-refractivity contribution is 7.91. The Balaban J connectivity index is 2.07. The van der Waals surface area contributed by atoms with Gasteiger partial charge >= 0.3 is 6.03 Å². The Morgan fingerprint density at radius 3 is 2.82 bits per heavy atom. The van der Waals surface area contributed by atoms with Crippen molar-refractivity contribution in [1.82, 2.24) is 10.2 Å². The van der Waals surface area contributed by atoms with Crippen molar-refractivity contribution in [3.63, 3.8) is 0 Å². The number of carbonyl (C=O) groups excluding carboxylic acids is 1. The first-order valence-corrected chi connectivity index (χ1v) is 9.55. The highest BCUT2D eigenvalue weighted by Gasteiger charge is 2.31. The van der Waals surface area contributed by atoms with E-state index < -0.39 is 9.84 Å². The topological polar surface area (TPSA) is 66.5 Å². The van der Waals surface area contributed by atoms with Crippen molar-refractivity contribution < 1.29 is 13.2 Å². The smallest absolute Gasteiger partial charge is 0.318 e. The summed E-state index contributed by atoms with van der Waals surface area (Å²) in [6.45, 7) is 3.98. The van der Waals surface area contributed by atoms with E-state index in [0.717, 1.165) is 12.0 Å². The maximum atomic E-state index is 12.4. The standard InChI is InChI=1S/C15H21ClN2O3S/c1-3-14(12-5-4-6-13(16)9-12)17-15(19)18-7-8-22(20,21)10-11(18)2/h4-6,9,11,14H,3,7-8,10H2,1-2H3,(H,17,19)/t11-,14-/m1/s1. The number of nitrogens with zero attached hydrogens (tertiary/aromatic N) is 1. The van der Waals surface area contributed by atoms with E-state index in [-0.39, 0.29) is 36.2 Å². The highest BCUT2D eigenvalue weighted by atomic mass is 35.5. The summed E-state index contributed by atoms with van der Waals surface area (Å²) in [6.07, 6.45) is 0.729. The van der Waals surface area contributed by atoms with Gasteiger partial charge < -0.3 is 10.2 Å². The second-order valence-corrected chi connectivity index (χ2v) is 8.29. The van der Waals surface area contributed by atoms with Crippen molar-refractivity contribution in [2.75, 3.05) is 18.1 Å². The summed E-state index contributed by atoms with van der Waals surface area (Å²) < 4.78 is 23.2. The van der Waals surface area contributed by atoms with E-state index in [2.05, 4.69) is 5.32 Å². The van der Waals surface area contributed by atoms with Crippen LogP contribution in [-0.4, -0.2) is 43.4 Å². The molecule has 1 N–H and O–H groups in total. The molecule has 0 aromatic heterocycles. The molecule has 1 fully saturated rings. The number of benzene rings is 1. The molecule has 1 heterocycles. The second-order valence-electron chi connectivity index (χ2n) is 5.62. The third-order valence-corrected chi connectivity index (χ3v) is 5.92. The van der Waals surface area contributed by atoms with Gasteiger partial charge in [-0.15, -0.1) is 0 Å². The monoisotopic (exact) mass is 344 g/mol. The largest absolute Gasteiger partial charge is 0.331 e. The van der Waals surface area contributed by atoms with E-state index in [1.54, 1.807) is 17.9 Å². The summed E-state index contributed by atoms with van der Waals surface area (Å²) in [7, 11) is -3.03. The van der Waals surface area contributed by atoms with E-state index in [1.165, 1.54) is 0 Å². The number of hydrogen-bond acceptors (Lipinski definition) is 3. The Bertz CT molecular complexity index is 648. The van der Waals surface area contributed by atoms with Crippen LogP contribution in [0, 0.1) is 0 Å². The summed E-state index contributed by atoms with van der Waals surface area (Å²) >= 11 is 6.00. The molecule has 2 rings (SSSR count). The fourth-order valence-corrected chi connectivity index (χ4v) is 4.43. The molecule has 0 radical (unpaired) electrons. The maximum Gasteiger partial charge on any atom is 0.318 e. The Labute approximate surface area is 136 Å². The van der Waals surface area contributed by atoms with Crippen LogP contribution >= 0.6 is 11.6 Å². The number of nitrogens with one attached hydrogen (secondary N) is 1. The SMILES string of the molecule is CC[C@@H](NC(=O)N1CCS(=O)(=O)C[C@H]1C)c1cccc(Cl)c1. The van der Waals surface area contributed by atoms with Gasteiger partial charge in [0.1, 0.15) is 0 Å². The molecule has 7 heteroatoms. The molecule has 1 aliphatic rings. The van der Waals surface area contributed by atoms with E-state index in [4.69, 9.17) is 11.6 Å². The molecule has 0 unspecified atom stereocenters. The van der Waals surface area contributed by atoms with Crippen LogP contribution in [0.2, 0.25) is 5.02 Å². The van der Waals surface area contributed by atoms with Crippen LogP contribution < -0.4 is 5.32 Å². The maximum absolute atomic E-state index is 12.4. The summed E-state index contributed by atoms with van der Waals surface area (Å²) in [5, 5.41) is 3.60. The minimum absolute atomic E-state index is 0.0222. The first-order valence-electron chi connectivity index (χ1n) is 7.35. The van der Waals surface area contributed by atoms with Gasteiger partial charge in [-0.1, -0.05) is 30.7 Å². The van der Waals surface area contributed by atoms with Crippen molar-refractivity contribution in [3.05, 3.63) is 34.9 Å². The molecular formula is C15H21ClN2O3S. The molecule has 22 heavy (non-hydrogen) atoms. The summed E-state index contributed by atoms with van der Waals surface area (Å²) in [5.74, 6) is 0.0487. The lowest BCUT2D eigenvalue weighted by molar-refractivity contribution is 0.180. The van der Waals surface area contributed by atoms with Crippen LogP contribution in [0.25, 0.3) is 0 Å². The van der Waals surface area contributed by atoms with Gasteiger partial charge in [0, 0.05) is 17.6 Å². The zero-order valence-electron chi connectivity index (χ0n) is 12.8. The predicted octanol–water partition coefficient (Wildman–Crippen LogP) is 2.62. The lowest BCUT2D eigenvalue weighted by atomic mass is 10.0. The van der Waals surface area contributed by atoms with Gasteiger partial charge in [0.2, 0.25) is 0 Å². The number of sulfone groups is 1. The lowest BCUT2D eigenvalue weighted by Crippen LogP contribution is -2.53. The van der Waals surface area contributed by atoms with Crippen LogP contribution in [0.3, 0.4) is 0 Å². The molecule has 2 amide bonds. The zero-order valence-corrected chi connectivity index (χ0v) is 14.3. The van der Waals surface area contributed by atoms with Crippen LogP contribution in [0.5, 0.6) is 0 Å². The molecule has 0 aliphatic carbocycles. The molecule has 122 valence electrons. The fourth-order valence-electron chi connectivity index (χ4n) is 2.68. The molecule has 0 bridgehead atoms. The minimum Gasteiger partial charge on any atom is -0.331 e. The Hall–Kier alpha value is -1.27. The van der Waals surface area contributed by atoms with Crippen LogP contribution in [-0.2, 0) is 9.84 Å². The van der Waals surface area contributed by atoms with Gasteiger partial charge in [0.25, 0.3) is 0 Å². The molecule has 1 aromatic carbocycles. The molecule has 5 nitrogen and oxygen atoms in total. The van der Waals surface area contributed by atoms with Gasteiger partial charge in [-0.25, -0.2) is 13.2 Å². The van der Waals surface area contributed by atoms with Crippen molar-refractivity contribution >= 4 is 27.5 Å². The number of carbonyl (C=O) groups is 1. The molecule has 0 saturated carbocycles. The average Bonchev–Trinajstić information content (AvgIpc) is 2.43. The number of halogens is 1. The molecule has 1 aromatic rings. The highest BCUT2D eigenvalue weighted by Crippen LogP contribution is 2.21. The Kier molecular flexibility index (Phi) is 5.34. The van der Waals surface area contributed by atoms with Crippen LogP contribution in [0.1, 0.15) is 31.9 Å². The summed E-state index contributed by atoms with van der Waals surface area (Å²) in [4.78, 5) is 14.0. The van der Waals surface area contributed by atoms with Crippen molar-refractivity contribution in [2.24, 2.45) is 0 Å². The predicted molar refractivity (Wildman–Crippen MR) is 87.8 cm³/mol. The van der Waals surface area contributed by atoms with Crippen LogP contribution in [0.4, 0.5) is 4.79 Å². The Morgan fingerprint density at radius 2 is 2.23 bits per heavy atom. The van der Waals surface area contributed by atoms with E-state index in [1.807, 2.05) is 25.1 Å². The quantitative estimate of drug-likeness (QED) is 0.916. The number of hydrogen-bond donors (Lipinski definition) is 1. The van der Waals surface area contributed by atoms with Gasteiger partial charge in [-0.3, -0.25) is 0 Å². The minimum atomic E-state index is -3.03. The van der Waals surface area contributed by atoms with Crippen molar-refractivity contribution in [3.8, 4) is 0 Å². The first kappa shape index (κ1) is 17.1. The summed E-state index contributed by atoms with van der Waals surface area (Å²) in [5.41, 5.74) is 0.945. The van der Waals surface area contributed by atoms with Gasteiger partial charge in [0.15, 0.2) is 9.84 Å². The molecule has 0 spiro atoms. The molecule has 2 atom stereocenters. The third-order valence-electron chi connectivity index (χ3n) is 3.89. The Morgan fingerprint density at radius 1 is 1.50 bits per heavy atom. The molecule has 1 aliphatic heterocycles. The average molecular weight is 345 g/mol. The number of rotatable bonds is 3. The third kappa shape index (κ3) is 4.14. The lowest BCUT2D eigenvalue weighted by Gasteiger charge is -2.34. The van der Waals surface area contributed by atoms with E-state index in [9.17, 15) is 13.2 Å². The van der Waals surface area contributed by atoms with E-state index in [0.29, 0.717) is 5.02 Å². The van der Waals surface area contributed by atoms with Crippen molar-refractivity contribution in [2.45, 2.75) is 32.4 Å². The normalized spacial score (nSPS) is 22.1. The fraction of sp³-hybridized carbons (Fsp3) is 0.533. The van der Waals surface area contributed by atoms with Crippen LogP contribution in [0.15, 0.2) is 24.3 Å². The number of amides is 2. The van der Waals surface area contributed by atoms with Gasteiger partial charge in [-0.2, -0.15) is 0 Å². The zero-order chi connectivity index (χ0) is 16.3. The molecular weight excluding hydrogens is 324 g/mol. The van der Waals surface area contributed by atoms with Crippen molar-refractivity contribution in [1.29, 1.82) is 0 Å². The van der Waals surface area contributed by atoms with Gasteiger partial charge in [0.05, 0.1) is 17.5 Å².